The molecule has 0 radical (unpaired) electrons. The molecule has 92 valence electrons. The summed E-state index contributed by atoms with van der Waals surface area (Å²) in [5.74, 6) is 0. The molecule has 2 heterocycles. The third-order valence-corrected chi connectivity index (χ3v) is 2.87. The van der Waals surface area contributed by atoms with E-state index in [1.165, 1.54) is 12.3 Å². The van der Waals surface area contributed by atoms with E-state index in [1.807, 2.05) is 0 Å². The molecule has 0 aliphatic carbocycles. The third kappa shape index (κ3) is 1.97. The number of aromatic amines is 1. The van der Waals surface area contributed by atoms with E-state index in [4.69, 9.17) is 11.6 Å². The van der Waals surface area contributed by atoms with Crippen LogP contribution in [0.15, 0.2) is 12.3 Å². The lowest BCUT2D eigenvalue weighted by Gasteiger charge is -2.26. The van der Waals surface area contributed by atoms with Crippen molar-refractivity contribution in [3.05, 3.63) is 23.1 Å². The maximum absolute atomic E-state index is 12.8. The van der Waals surface area contributed by atoms with Crippen molar-refractivity contribution >= 4 is 22.8 Å². The number of nitrogens with one attached hydrogen (secondary N) is 1. The zero-order valence-corrected chi connectivity index (χ0v) is 9.82. The van der Waals surface area contributed by atoms with Gasteiger partial charge < -0.3 is 4.98 Å². The molecule has 0 aliphatic rings. The molecule has 0 fully saturated rings. The Morgan fingerprint density at radius 1 is 1.29 bits per heavy atom. The largest absolute Gasteiger partial charge is 0.399 e. The van der Waals surface area contributed by atoms with Gasteiger partial charge in [-0.05, 0) is 19.9 Å². The molecule has 0 unspecified atom stereocenters. The highest BCUT2D eigenvalue weighted by atomic mass is 35.5. The van der Waals surface area contributed by atoms with E-state index in [9.17, 15) is 13.2 Å². The van der Waals surface area contributed by atoms with Crippen molar-refractivity contribution in [3.8, 4) is 0 Å². The number of alkyl halides is 3. The summed E-state index contributed by atoms with van der Waals surface area (Å²) in [5.41, 5.74) is -1.35. The van der Waals surface area contributed by atoms with Crippen LogP contribution >= 0.6 is 11.6 Å². The van der Waals surface area contributed by atoms with Gasteiger partial charge >= 0.3 is 6.18 Å². The molecule has 0 aromatic carbocycles. The van der Waals surface area contributed by atoms with Crippen LogP contribution in [0.5, 0.6) is 0 Å². The van der Waals surface area contributed by atoms with Gasteiger partial charge in [0.25, 0.3) is 0 Å². The van der Waals surface area contributed by atoms with Crippen LogP contribution in [-0.4, -0.2) is 21.1 Å². The van der Waals surface area contributed by atoms with Gasteiger partial charge in [-0.2, -0.15) is 13.2 Å². The quantitative estimate of drug-likeness (QED) is 0.856. The fourth-order valence-corrected chi connectivity index (χ4v) is 1.50. The van der Waals surface area contributed by atoms with Crippen molar-refractivity contribution in [3.63, 3.8) is 0 Å². The van der Waals surface area contributed by atoms with Gasteiger partial charge in [-0.15, -0.1) is 0 Å². The number of hydrogen-bond acceptors (Lipinski definition) is 2. The zero-order chi connectivity index (χ0) is 12.8. The second-order valence-corrected chi connectivity index (χ2v) is 4.62. The first-order valence-electron chi connectivity index (χ1n) is 4.80. The zero-order valence-electron chi connectivity index (χ0n) is 9.06. The summed E-state index contributed by atoms with van der Waals surface area (Å²) >= 11 is 5.62. The van der Waals surface area contributed by atoms with Crippen LogP contribution in [0.1, 0.15) is 19.5 Å². The van der Waals surface area contributed by atoms with Gasteiger partial charge in [-0.3, -0.25) is 0 Å². The van der Waals surface area contributed by atoms with E-state index >= 15 is 0 Å². The van der Waals surface area contributed by atoms with Crippen LogP contribution in [0.25, 0.3) is 11.2 Å². The minimum atomic E-state index is -4.35. The van der Waals surface area contributed by atoms with Gasteiger partial charge in [0.15, 0.2) is 5.65 Å². The van der Waals surface area contributed by atoms with E-state index in [2.05, 4.69) is 15.0 Å². The van der Waals surface area contributed by atoms with Gasteiger partial charge in [0.2, 0.25) is 0 Å². The smallest absolute Gasteiger partial charge is 0.341 e. The van der Waals surface area contributed by atoms with E-state index in [-0.39, 0.29) is 16.5 Å². The van der Waals surface area contributed by atoms with Crippen LogP contribution in [0.2, 0.25) is 5.15 Å². The molecule has 2 aromatic heterocycles. The Bertz CT molecular complexity index is 559. The summed E-state index contributed by atoms with van der Waals surface area (Å²) in [4.78, 5) is 10.4. The molecule has 0 saturated carbocycles. The Labute approximate surface area is 100 Å². The number of nitrogens with zero attached hydrogens (tertiary/aromatic N) is 2. The molecular weight excluding hydrogens is 255 g/mol. The van der Waals surface area contributed by atoms with Crippen molar-refractivity contribution in [2.45, 2.75) is 25.4 Å². The second-order valence-electron chi connectivity index (χ2n) is 4.23. The highest BCUT2D eigenvalue weighted by Gasteiger charge is 2.49. The average molecular weight is 264 g/mol. The van der Waals surface area contributed by atoms with Gasteiger partial charge in [0.1, 0.15) is 16.1 Å². The van der Waals surface area contributed by atoms with Crippen molar-refractivity contribution in [2.75, 3.05) is 0 Å². The van der Waals surface area contributed by atoms with Crippen LogP contribution < -0.4 is 0 Å². The molecule has 2 rings (SSSR count). The van der Waals surface area contributed by atoms with Crippen LogP contribution in [0.4, 0.5) is 13.2 Å². The number of fused-ring (bicyclic) bond motifs is 1. The molecule has 0 spiro atoms. The number of aromatic nitrogens is 3. The molecule has 0 atom stereocenters. The lowest BCUT2D eigenvalue weighted by Crippen LogP contribution is -2.36. The van der Waals surface area contributed by atoms with Crippen molar-refractivity contribution in [1.29, 1.82) is 0 Å². The number of halogens is 4. The molecule has 3 nitrogen and oxygen atoms in total. The summed E-state index contributed by atoms with van der Waals surface area (Å²) in [6, 6.07) is 1.34. The second kappa shape index (κ2) is 3.60. The Morgan fingerprint density at radius 3 is 2.53 bits per heavy atom. The molecule has 0 aliphatic heterocycles. The maximum Gasteiger partial charge on any atom is 0.399 e. The Hall–Kier alpha value is -1.30. The fraction of sp³-hybridized carbons (Fsp3) is 0.400. The molecule has 0 bridgehead atoms. The Kier molecular flexibility index (Phi) is 2.57. The SMILES string of the molecule is CC(C)(c1cc2ncc(Cl)nc2[nH]1)C(F)(F)F. The van der Waals surface area contributed by atoms with Gasteiger partial charge in [-0.25, -0.2) is 9.97 Å². The van der Waals surface area contributed by atoms with Gasteiger partial charge in [-0.1, -0.05) is 11.6 Å². The highest BCUT2D eigenvalue weighted by Crippen LogP contribution is 2.40. The standard InChI is InChI=1S/C10H9ClF3N3/c1-9(2,10(12,13)14)6-3-5-8(16-6)17-7(11)4-15-5/h3-4H,1-2H3,(H,16,17). The highest BCUT2D eigenvalue weighted by molar-refractivity contribution is 6.29. The summed E-state index contributed by atoms with van der Waals surface area (Å²) in [6.45, 7) is 2.19. The normalized spacial score (nSPS) is 13.3. The fourth-order valence-electron chi connectivity index (χ4n) is 1.36. The van der Waals surface area contributed by atoms with Crippen molar-refractivity contribution in [2.24, 2.45) is 0 Å². The van der Waals surface area contributed by atoms with Crippen LogP contribution in [-0.2, 0) is 5.41 Å². The maximum atomic E-state index is 12.8. The van der Waals surface area contributed by atoms with Crippen LogP contribution in [0.3, 0.4) is 0 Å². The van der Waals surface area contributed by atoms with Crippen LogP contribution in [0, 0.1) is 0 Å². The van der Waals surface area contributed by atoms with E-state index < -0.39 is 11.6 Å². The van der Waals surface area contributed by atoms with Crippen molar-refractivity contribution in [1.82, 2.24) is 15.0 Å². The number of H-pyrrole nitrogens is 1. The summed E-state index contributed by atoms with van der Waals surface area (Å²) in [6.07, 6.45) is -3.06. The van der Waals surface area contributed by atoms with E-state index in [0.717, 1.165) is 13.8 Å². The molecular formula is C10H9ClF3N3. The number of rotatable bonds is 1. The lowest BCUT2D eigenvalue weighted by molar-refractivity contribution is -0.181. The molecule has 2 aromatic rings. The first-order chi connectivity index (χ1) is 7.72. The monoisotopic (exact) mass is 263 g/mol. The molecule has 0 amide bonds. The van der Waals surface area contributed by atoms with Gasteiger partial charge in [0, 0.05) is 5.69 Å². The van der Waals surface area contributed by atoms with Gasteiger partial charge in [0.05, 0.1) is 6.20 Å². The summed E-state index contributed by atoms with van der Waals surface area (Å²) in [7, 11) is 0. The third-order valence-electron chi connectivity index (χ3n) is 2.69. The Morgan fingerprint density at radius 2 is 1.94 bits per heavy atom. The van der Waals surface area contributed by atoms with E-state index in [1.54, 1.807) is 0 Å². The summed E-state index contributed by atoms with van der Waals surface area (Å²) < 4.78 is 38.5. The lowest BCUT2D eigenvalue weighted by atomic mass is 9.89. The molecule has 0 saturated heterocycles. The topological polar surface area (TPSA) is 41.6 Å². The Balaban J connectivity index is 2.57. The first kappa shape index (κ1) is 12.2. The molecule has 1 N–H and O–H groups in total. The summed E-state index contributed by atoms with van der Waals surface area (Å²) in [5, 5.41) is 0.135. The molecule has 17 heavy (non-hydrogen) atoms. The van der Waals surface area contributed by atoms with E-state index in [0.29, 0.717) is 5.52 Å². The molecule has 7 heteroatoms. The predicted octanol–water partition coefficient (Wildman–Crippen LogP) is 3.45. The number of hydrogen-bond donors (Lipinski definition) is 1. The van der Waals surface area contributed by atoms with Crippen molar-refractivity contribution < 1.29 is 13.2 Å². The minimum Gasteiger partial charge on any atom is -0.341 e. The minimum absolute atomic E-state index is 0.0160. The first-order valence-corrected chi connectivity index (χ1v) is 5.18. The predicted molar refractivity (Wildman–Crippen MR) is 58.0 cm³/mol. The average Bonchev–Trinajstić information content (AvgIpc) is 2.58.